The number of para-hydroxylation sites is 1. The number of hydrogen-bond donors (Lipinski definition) is 3. The number of aromatic nitrogens is 2. The topological polar surface area (TPSA) is 96.0 Å². The normalized spacial score (nSPS) is 19.1. The van der Waals surface area contributed by atoms with Crippen LogP contribution in [0.25, 0.3) is 10.9 Å². The van der Waals surface area contributed by atoms with Crippen molar-refractivity contribution in [2.45, 2.75) is 30.6 Å². The van der Waals surface area contributed by atoms with Crippen LogP contribution in [-0.2, 0) is 10.0 Å². The molecular weight excluding hydrogens is 429 g/mol. The average molecular weight is 458 g/mol. The Labute approximate surface area is 187 Å². The van der Waals surface area contributed by atoms with Crippen molar-refractivity contribution in [3.8, 4) is 0 Å². The molecule has 9 heteroatoms. The summed E-state index contributed by atoms with van der Waals surface area (Å²) in [4.78, 5) is 9.28. The zero-order valence-corrected chi connectivity index (χ0v) is 18.8. The third kappa shape index (κ3) is 5.34. The Kier molecular flexibility index (Phi) is 6.86. The van der Waals surface area contributed by atoms with Crippen molar-refractivity contribution in [1.82, 2.24) is 14.7 Å². The molecule has 3 aromatic rings. The fourth-order valence-electron chi connectivity index (χ4n) is 4.15. The summed E-state index contributed by atoms with van der Waals surface area (Å²) >= 11 is 0. The fraction of sp³-hybridized carbons (Fsp3) is 0.391. The maximum atomic E-state index is 13.0. The van der Waals surface area contributed by atoms with Gasteiger partial charge in [-0.15, -0.1) is 0 Å². The van der Waals surface area contributed by atoms with Crippen molar-refractivity contribution in [1.29, 1.82) is 0 Å². The van der Waals surface area contributed by atoms with Crippen molar-refractivity contribution in [2.75, 3.05) is 30.8 Å². The summed E-state index contributed by atoms with van der Waals surface area (Å²) in [5.41, 5.74) is 0.895. The summed E-state index contributed by atoms with van der Waals surface area (Å²) in [6, 6.07) is 12.8. The first kappa shape index (κ1) is 22.4. The van der Waals surface area contributed by atoms with Crippen LogP contribution in [0.4, 0.5) is 16.2 Å². The van der Waals surface area contributed by atoms with E-state index in [2.05, 4.69) is 25.3 Å². The second-order valence-electron chi connectivity index (χ2n) is 8.24. The number of nitrogens with one attached hydrogen (secondary N) is 3. The number of fused-ring (bicyclic) bond motifs is 1. The third-order valence-electron chi connectivity index (χ3n) is 6.04. The largest absolute Gasteiger partial charge is 0.372 e. The molecule has 32 heavy (non-hydrogen) atoms. The third-order valence-corrected chi connectivity index (χ3v) is 7.48. The highest BCUT2D eigenvalue weighted by Gasteiger charge is 2.23. The first-order chi connectivity index (χ1) is 15.4. The lowest BCUT2D eigenvalue weighted by Crippen LogP contribution is -2.32. The van der Waals surface area contributed by atoms with E-state index < -0.39 is 15.8 Å². The Morgan fingerprint density at radius 1 is 0.938 bits per heavy atom. The zero-order valence-electron chi connectivity index (χ0n) is 18.0. The number of halogens is 1. The number of nitrogens with zero attached hydrogens (tertiary/aromatic N) is 2. The van der Waals surface area contributed by atoms with Crippen LogP contribution >= 0.6 is 0 Å². The van der Waals surface area contributed by atoms with E-state index in [4.69, 9.17) is 0 Å². The highest BCUT2D eigenvalue weighted by molar-refractivity contribution is 7.89. The molecule has 0 radical (unpaired) electrons. The fourth-order valence-corrected chi connectivity index (χ4v) is 5.26. The van der Waals surface area contributed by atoms with Gasteiger partial charge in [-0.05, 0) is 73.9 Å². The van der Waals surface area contributed by atoms with Gasteiger partial charge < -0.3 is 10.6 Å². The Balaban J connectivity index is 1.26. The van der Waals surface area contributed by atoms with Gasteiger partial charge in [0.05, 0.1) is 10.4 Å². The first-order valence-electron chi connectivity index (χ1n) is 10.9. The molecule has 1 aromatic heterocycles. The monoisotopic (exact) mass is 457 g/mol. The van der Waals surface area contributed by atoms with Gasteiger partial charge in [0.25, 0.3) is 0 Å². The zero-order chi connectivity index (χ0) is 22.6. The second kappa shape index (κ2) is 9.79. The van der Waals surface area contributed by atoms with Crippen molar-refractivity contribution < 1.29 is 12.8 Å². The van der Waals surface area contributed by atoms with Gasteiger partial charge in [0.15, 0.2) is 0 Å². The van der Waals surface area contributed by atoms with Crippen molar-refractivity contribution in [3.63, 3.8) is 0 Å². The summed E-state index contributed by atoms with van der Waals surface area (Å²) < 4.78 is 40.5. The Morgan fingerprint density at radius 2 is 1.59 bits per heavy atom. The van der Waals surface area contributed by atoms with Crippen LogP contribution < -0.4 is 15.4 Å². The van der Waals surface area contributed by atoms with Gasteiger partial charge in [-0.25, -0.2) is 22.5 Å². The molecule has 170 valence electrons. The quantitative estimate of drug-likeness (QED) is 0.473. The standard InChI is InChI=1S/C23H28FN5O2S/c1-25-22-20-4-2-3-5-21(20)28-23(29-22)26-14-16-6-8-17(9-7-16)15-27-32(30,31)19-12-10-18(24)11-13-19/h2-5,10-13,16-17,27H,6-9,14-15H2,1H3,(H2,25,26,28,29)/t16-,17-. The van der Waals surface area contributed by atoms with Crippen LogP contribution in [0.1, 0.15) is 25.7 Å². The molecule has 1 fully saturated rings. The van der Waals surface area contributed by atoms with E-state index in [0.29, 0.717) is 24.3 Å². The van der Waals surface area contributed by atoms with Gasteiger partial charge >= 0.3 is 0 Å². The molecule has 0 saturated heterocycles. The molecule has 3 N–H and O–H groups in total. The van der Waals surface area contributed by atoms with E-state index >= 15 is 0 Å². The number of hydrogen-bond acceptors (Lipinski definition) is 6. The second-order valence-corrected chi connectivity index (χ2v) is 10.0. The summed E-state index contributed by atoms with van der Waals surface area (Å²) in [6.07, 6.45) is 3.95. The minimum absolute atomic E-state index is 0.0908. The molecule has 1 heterocycles. The molecular formula is C23H28FN5O2S. The van der Waals surface area contributed by atoms with Gasteiger partial charge in [-0.1, -0.05) is 12.1 Å². The molecule has 4 rings (SSSR count). The van der Waals surface area contributed by atoms with E-state index in [1.54, 1.807) is 0 Å². The van der Waals surface area contributed by atoms with E-state index in [0.717, 1.165) is 61.1 Å². The average Bonchev–Trinajstić information content (AvgIpc) is 2.82. The highest BCUT2D eigenvalue weighted by atomic mass is 32.2. The maximum absolute atomic E-state index is 13.0. The molecule has 1 saturated carbocycles. The predicted molar refractivity (Wildman–Crippen MR) is 125 cm³/mol. The van der Waals surface area contributed by atoms with Gasteiger partial charge in [0, 0.05) is 25.5 Å². The first-order valence-corrected chi connectivity index (χ1v) is 12.4. The Bertz CT molecular complexity index is 1160. The predicted octanol–water partition coefficient (Wildman–Crippen LogP) is 4.01. The smallest absolute Gasteiger partial charge is 0.240 e. The molecule has 0 unspecified atom stereocenters. The van der Waals surface area contributed by atoms with E-state index in [1.807, 2.05) is 31.3 Å². The maximum Gasteiger partial charge on any atom is 0.240 e. The molecule has 1 aliphatic rings. The molecule has 0 amide bonds. The van der Waals surface area contributed by atoms with Crippen molar-refractivity contribution in [3.05, 3.63) is 54.3 Å². The summed E-state index contributed by atoms with van der Waals surface area (Å²) in [5, 5.41) is 7.49. The molecule has 0 bridgehead atoms. The molecule has 7 nitrogen and oxygen atoms in total. The van der Waals surface area contributed by atoms with Crippen LogP contribution in [0.2, 0.25) is 0 Å². The Hall–Kier alpha value is -2.78. The molecule has 0 aliphatic heterocycles. The number of sulfonamides is 1. The van der Waals surface area contributed by atoms with Gasteiger partial charge in [-0.2, -0.15) is 4.98 Å². The minimum Gasteiger partial charge on any atom is -0.372 e. The minimum atomic E-state index is -3.61. The molecule has 1 aliphatic carbocycles. The molecule has 0 spiro atoms. The molecule has 0 atom stereocenters. The lowest BCUT2D eigenvalue weighted by atomic mass is 9.82. The number of rotatable bonds is 8. The number of benzene rings is 2. The van der Waals surface area contributed by atoms with Gasteiger partial charge in [0.1, 0.15) is 11.6 Å². The Morgan fingerprint density at radius 3 is 2.28 bits per heavy atom. The SMILES string of the molecule is CNc1nc(NC[C@H]2CC[C@H](CNS(=O)(=O)c3ccc(F)cc3)CC2)nc2ccccc12. The lowest BCUT2D eigenvalue weighted by Gasteiger charge is -2.28. The summed E-state index contributed by atoms with van der Waals surface area (Å²) in [6.45, 7) is 1.19. The van der Waals surface area contributed by atoms with Crippen molar-refractivity contribution in [2.24, 2.45) is 11.8 Å². The summed E-state index contributed by atoms with van der Waals surface area (Å²) in [5.74, 6) is 1.76. The van der Waals surface area contributed by atoms with Gasteiger partial charge in [-0.3, -0.25) is 0 Å². The summed E-state index contributed by atoms with van der Waals surface area (Å²) in [7, 11) is -1.76. The van der Waals surface area contributed by atoms with Crippen molar-refractivity contribution >= 4 is 32.7 Å². The highest BCUT2D eigenvalue weighted by Crippen LogP contribution is 2.29. The van der Waals surface area contributed by atoms with Crippen LogP contribution in [0, 0.1) is 17.7 Å². The van der Waals surface area contributed by atoms with Crippen LogP contribution in [-0.4, -0.2) is 38.5 Å². The lowest BCUT2D eigenvalue weighted by molar-refractivity contribution is 0.284. The van der Waals surface area contributed by atoms with Crippen LogP contribution in [0.5, 0.6) is 0 Å². The van der Waals surface area contributed by atoms with Crippen LogP contribution in [0.3, 0.4) is 0 Å². The van der Waals surface area contributed by atoms with E-state index in [9.17, 15) is 12.8 Å². The van der Waals surface area contributed by atoms with E-state index in [1.165, 1.54) is 12.1 Å². The number of anilines is 2. The molecule has 2 aromatic carbocycles. The van der Waals surface area contributed by atoms with E-state index in [-0.39, 0.29) is 4.90 Å². The van der Waals surface area contributed by atoms with Gasteiger partial charge in [0.2, 0.25) is 16.0 Å². The van der Waals surface area contributed by atoms with Crippen LogP contribution in [0.15, 0.2) is 53.4 Å².